The number of benzene rings is 1. The Morgan fingerprint density at radius 2 is 2.10 bits per heavy atom. The highest BCUT2D eigenvalue weighted by atomic mass is 32.2. The lowest BCUT2D eigenvalue weighted by Crippen LogP contribution is -2.55. The standard InChI is InChI=1S/C12H14N2O6S/c1-7-11(16)13-4-5-14(7)21(19,20)8-2-3-10(15)9(6-8)12(17)18/h2-3,6-7,15H,4-5H2,1H3,(H,13,16)(H,17,18). The molecule has 1 fully saturated rings. The van der Waals surface area contributed by atoms with Crippen molar-refractivity contribution in [3.63, 3.8) is 0 Å². The number of nitrogens with zero attached hydrogens (tertiary/aromatic N) is 1. The van der Waals surface area contributed by atoms with Crippen LogP contribution in [0, 0.1) is 0 Å². The zero-order chi connectivity index (χ0) is 15.8. The van der Waals surface area contributed by atoms with Crippen LogP contribution in [0.1, 0.15) is 17.3 Å². The Bertz CT molecular complexity index is 700. The van der Waals surface area contributed by atoms with Crippen LogP contribution in [0.15, 0.2) is 23.1 Å². The number of carboxylic acids is 1. The normalized spacial score (nSPS) is 20.0. The minimum atomic E-state index is -4.02. The molecule has 0 aromatic heterocycles. The summed E-state index contributed by atoms with van der Waals surface area (Å²) in [5, 5.41) is 20.9. The van der Waals surface area contributed by atoms with E-state index < -0.39 is 39.3 Å². The molecule has 0 aliphatic carbocycles. The minimum Gasteiger partial charge on any atom is -0.507 e. The van der Waals surface area contributed by atoms with Gasteiger partial charge < -0.3 is 15.5 Å². The molecule has 0 spiro atoms. The Morgan fingerprint density at radius 3 is 2.71 bits per heavy atom. The zero-order valence-electron chi connectivity index (χ0n) is 11.1. The van der Waals surface area contributed by atoms with Gasteiger partial charge in [-0.3, -0.25) is 4.79 Å². The van der Waals surface area contributed by atoms with Crippen LogP contribution in [0.5, 0.6) is 5.75 Å². The molecular formula is C12H14N2O6S. The molecule has 8 nitrogen and oxygen atoms in total. The molecule has 1 aliphatic heterocycles. The highest BCUT2D eigenvalue weighted by Gasteiger charge is 2.36. The molecule has 1 unspecified atom stereocenters. The van der Waals surface area contributed by atoms with Gasteiger partial charge in [0.25, 0.3) is 0 Å². The van der Waals surface area contributed by atoms with Crippen molar-refractivity contribution in [2.24, 2.45) is 0 Å². The fourth-order valence-electron chi connectivity index (χ4n) is 2.07. The number of carbonyl (C=O) groups excluding carboxylic acids is 1. The number of phenols is 1. The predicted molar refractivity (Wildman–Crippen MR) is 71.4 cm³/mol. The first-order chi connectivity index (χ1) is 9.75. The summed E-state index contributed by atoms with van der Waals surface area (Å²) in [5.41, 5.74) is -0.509. The first-order valence-corrected chi connectivity index (χ1v) is 7.55. The van der Waals surface area contributed by atoms with E-state index in [1.165, 1.54) is 6.92 Å². The number of hydrogen-bond donors (Lipinski definition) is 3. The molecule has 1 aromatic carbocycles. The fourth-order valence-corrected chi connectivity index (χ4v) is 3.69. The Balaban J connectivity index is 2.47. The van der Waals surface area contributed by atoms with E-state index in [1.807, 2.05) is 0 Å². The summed E-state index contributed by atoms with van der Waals surface area (Å²) in [5.74, 6) is -2.37. The van der Waals surface area contributed by atoms with Crippen LogP contribution in [-0.2, 0) is 14.8 Å². The van der Waals surface area contributed by atoms with Crippen LogP contribution >= 0.6 is 0 Å². The van der Waals surface area contributed by atoms with E-state index in [9.17, 15) is 23.1 Å². The van der Waals surface area contributed by atoms with Gasteiger partial charge in [0, 0.05) is 13.1 Å². The number of sulfonamides is 1. The molecule has 21 heavy (non-hydrogen) atoms. The zero-order valence-corrected chi connectivity index (χ0v) is 11.9. The van der Waals surface area contributed by atoms with Crippen molar-refractivity contribution in [1.82, 2.24) is 9.62 Å². The summed E-state index contributed by atoms with van der Waals surface area (Å²) < 4.78 is 26.0. The molecule has 0 radical (unpaired) electrons. The summed E-state index contributed by atoms with van der Waals surface area (Å²) in [4.78, 5) is 22.2. The number of carboxylic acid groups (broad SMARTS) is 1. The van der Waals surface area contributed by atoms with E-state index >= 15 is 0 Å². The molecule has 114 valence electrons. The Kier molecular flexibility index (Phi) is 3.88. The second-order valence-corrected chi connectivity index (χ2v) is 6.46. The molecule has 1 aromatic rings. The van der Waals surface area contributed by atoms with Crippen molar-refractivity contribution in [2.45, 2.75) is 17.9 Å². The van der Waals surface area contributed by atoms with E-state index in [1.54, 1.807) is 0 Å². The van der Waals surface area contributed by atoms with E-state index in [0.717, 1.165) is 22.5 Å². The first-order valence-electron chi connectivity index (χ1n) is 6.11. The highest BCUT2D eigenvalue weighted by Crippen LogP contribution is 2.25. The van der Waals surface area contributed by atoms with Gasteiger partial charge in [-0.1, -0.05) is 0 Å². The maximum absolute atomic E-state index is 12.5. The molecule has 1 atom stereocenters. The average Bonchev–Trinajstić information content (AvgIpc) is 2.41. The second-order valence-electron chi connectivity index (χ2n) is 4.57. The topological polar surface area (TPSA) is 124 Å². The fraction of sp³-hybridized carbons (Fsp3) is 0.333. The third kappa shape index (κ3) is 2.69. The van der Waals surface area contributed by atoms with Gasteiger partial charge in [-0.15, -0.1) is 0 Å². The number of carbonyl (C=O) groups is 2. The van der Waals surface area contributed by atoms with Gasteiger partial charge in [0.15, 0.2) is 0 Å². The number of amides is 1. The van der Waals surface area contributed by atoms with Crippen LogP contribution in [0.4, 0.5) is 0 Å². The lowest BCUT2D eigenvalue weighted by molar-refractivity contribution is -0.126. The lowest BCUT2D eigenvalue weighted by atomic mass is 10.2. The van der Waals surface area contributed by atoms with Crippen LogP contribution < -0.4 is 5.32 Å². The van der Waals surface area contributed by atoms with E-state index in [2.05, 4.69) is 5.32 Å². The summed E-state index contributed by atoms with van der Waals surface area (Å²) in [6, 6.07) is 2.11. The van der Waals surface area contributed by atoms with Crippen molar-refractivity contribution >= 4 is 21.9 Å². The molecule has 1 amide bonds. The highest BCUT2D eigenvalue weighted by molar-refractivity contribution is 7.89. The van der Waals surface area contributed by atoms with Gasteiger partial charge in [0.2, 0.25) is 15.9 Å². The van der Waals surface area contributed by atoms with E-state index in [4.69, 9.17) is 5.11 Å². The summed E-state index contributed by atoms with van der Waals surface area (Å²) in [7, 11) is -4.02. The van der Waals surface area contributed by atoms with Crippen molar-refractivity contribution in [1.29, 1.82) is 0 Å². The second kappa shape index (κ2) is 5.34. The summed E-state index contributed by atoms with van der Waals surface area (Å²) >= 11 is 0. The van der Waals surface area contributed by atoms with Crippen LogP contribution in [-0.4, -0.2) is 53.9 Å². The van der Waals surface area contributed by atoms with Crippen LogP contribution in [0.3, 0.4) is 0 Å². The van der Waals surface area contributed by atoms with Crippen molar-refractivity contribution < 1.29 is 28.2 Å². The molecule has 9 heteroatoms. The Hall–Kier alpha value is -2.13. The molecule has 0 bridgehead atoms. The number of aromatic carboxylic acids is 1. The summed E-state index contributed by atoms with van der Waals surface area (Å²) in [6.45, 7) is 1.73. The summed E-state index contributed by atoms with van der Waals surface area (Å²) in [6.07, 6.45) is 0. The average molecular weight is 314 g/mol. The smallest absolute Gasteiger partial charge is 0.339 e. The van der Waals surface area contributed by atoms with Crippen molar-refractivity contribution in [3.05, 3.63) is 23.8 Å². The molecule has 1 saturated heterocycles. The molecular weight excluding hydrogens is 300 g/mol. The predicted octanol–water partition coefficient (Wildman–Crippen LogP) is -0.401. The van der Waals surface area contributed by atoms with Gasteiger partial charge >= 0.3 is 5.97 Å². The monoisotopic (exact) mass is 314 g/mol. The third-order valence-electron chi connectivity index (χ3n) is 3.25. The van der Waals surface area contributed by atoms with Gasteiger partial charge in [-0.25, -0.2) is 13.2 Å². The number of hydrogen-bond acceptors (Lipinski definition) is 5. The quantitative estimate of drug-likeness (QED) is 0.697. The maximum atomic E-state index is 12.5. The number of nitrogens with one attached hydrogen (secondary N) is 1. The minimum absolute atomic E-state index is 0.0958. The van der Waals surface area contributed by atoms with Gasteiger partial charge in [-0.05, 0) is 25.1 Å². The van der Waals surface area contributed by atoms with Crippen molar-refractivity contribution in [2.75, 3.05) is 13.1 Å². The SMILES string of the molecule is CC1C(=O)NCCN1S(=O)(=O)c1ccc(O)c(C(=O)O)c1. The lowest BCUT2D eigenvalue weighted by Gasteiger charge is -2.31. The molecule has 1 heterocycles. The van der Waals surface area contributed by atoms with Crippen molar-refractivity contribution in [3.8, 4) is 5.75 Å². The third-order valence-corrected chi connectivity index (χ3v) is 5.21. The van der Waals surface area contributed by atoms with Crippen LogP contribution in [0.2, 0.25) is 0 Å². The molecule has 0 saturated carbocycles. The van der Waals surface area contributed by atoms with Gasteiger partial charge in [0.05, 0.1) is 4.90 Å². The molecule has 1 aliphatic rings. The molecule has 2 rings (SSSR count). The molecule has 3 N–H and O–H groups in total. The number of aromatic hydroxyl groups is 1. The van der Waals surface area contributed by atoms with E-state index in [-0.39, 0.29) is 18.0 Å². The Labute approximate surface area is 121 Å². The Morgan fingerprint density at radius 1 is 1.43 bits per heavy atom. The number of piperazine rings is 1. The first kappa shape index (κ1) is 15.3. The number of rotatable bonds is 3. The largest absolute Gasteiger partial charge is 0.507 e. The van der Waals surface area contributed by atoms with Gasteiger partial charge in [0.1, 0.15) is 17.4 Å². The van der Waals surface area contributed by atoms with Gasteiger partial charge in [-0.2, -0.15) is 4.31 Å². The van der Waals surface area contributed by atoms with E-state index in [0.29, 0.717) is 0 Å². The maximum Gasteiger partial charge on any atom is 0.339 e. The van der Waals surface area contributed by atoms with Crippen LogP contribution in [0.25, 0.3) is 0 Å².